The number of aromatic nitrogens is 2. The summed E-state index contributed by atoms with van der Waals surface area (Å²) in [5.41, 5.74) is 0.113. The van der Waals surface area contributed by atoms with Gasteiger partial charge in [0.2, 0.25) is 12.2 Å². The molecule has 0 bridgehead atoms. The summed E-state index contributed by atoms with van der Waals surface area (Å²) in [6, 6.07) is 0.417. The van der Waals surface area contributed by atoms with E-state index < -0.39 is 5.97 Å². The van der Waals surface area contributed by atoms with Crippen LogP contribution in [0.4, 0.5) is 0 Å². The van der Waals surface area contributed by atoms with Gasteiger partial charge in [0.25, 0.3) is 0 Å². The van der Waals surface area contributed by atoms with Crippen LogP contribution in [0.25, 0.3) is 0 Å². The first-order chi connectivity index (χ1) is 11.5. The summed E-state index contributed by atoms with van der Waals surface area (Å²) < 4.78 is 4.16. The monoisotopic (exact) mass is 348 g/mol. The number of thioether (sulfide) groups is 1. The second-order valence-corrected chi connectivity index (χ2v) is 8.14. The van der Waals surface area contributed by atoms with E-state index in [2.05, 4.69) is 9.88 Å². The molecule has 2 saturated heterocycles. The van der Waals surface area contributed by atoms with Crippen molar-refractivity contribution in [1.29, 1.82) is 0 Å². The van der Waals surface area contributed by atoms with Crippen molar-refractivity contribution >= 4 is 23.6 Å². The molecule has 4 heterocycles. The van der Waals surface area contributed by atoms with Gasteiger partial charge >= 0.3 is 0 Å². The van der Waals surface area contributed by atoms with Crippen LogP contribution < -0.4 is 15.0 Å². The number of hydrogen-bond acceptors (Lipinski definition) is 5. The Hall–Kier alpha value is -1.80. The Morgan fingerprint density at radius 2 is 2.33 bits per heavy atom. The molecule has 24 heavy (non-hydrogen) atoms. The minimum atomic E-state index is -1.23. The average molecular weight is 348 g/mol. The van der Waals surface area contributed by atoms with Crippen LogP contribution in [0.2, 0.25) is 0 Å². The van der Waals surface area contributed by atoms with E-state index in [1.807, 2.05) is 30.3 Å². The molecule has 7 nitrogen and oxygen atoms in total. The fraction of sp³-hybridized carbons (Fsp3) is 0.562. The molecule has 1 unspecified atom stereocenters. The lowest BCUT2D eigenvalue weighted by atomic mass is 10.0. The van der Waals surface area contributed by atoms with Crippen molar-refractivity contribution in [1.82, 2.24) is 14.8 Å². The van der Waals surface area contributed by atoms with Gasteiger partial charge in [-0.2, -0.15) is 0 Å². The van der Waals surface area contributed by atoms with Crippen molar-refractivity contribution in [3.63, 3.8) is 0 Å². The number of carbonyl (C=O) groups excluding carboxylic acids is 2. The number of amides is 1. The molecule has 1 N–H and O–H groups in total. The molecular formula is C16H20N4O3S. The summed E-state index contributed by atoms with van der Waals surface area (Å²) in [5, 5.41) is 15.3. The maximum Gasteiger partial charge on any atom is 0.243 e. The van der Waals surface area contributed by atoms with E-state index in [-0.39, 0.29) is 17.6 Å². The lowest BCUT2D eigenvalue weighted by Crippen LogP contribution is -2.51. The number of rotatable bonds is 5. The van der Waals surface area contributed by atoms with Gasteiger partial charge in [-0.15, -0.1) is 11.8 Å². The third kappa shape index (κ3) is 2.73. The Bertz CT molecular complexity index is 729. The largest absolute Gasteiger partial charge is 0.543 e. The highest BCUT2D eigenvalue weighted by atomic mass is 32.2. The Balaban J connectivity index is 1.40. The number of nitrogens with one attached hydrogen (secondary N) is 1. The third-order valence-corrected chi connectivity index (χ3v) is 6.25. The highest BCUT2D eigenvalue weighted by Gasteiger charge is 2.46. The summed E-state index contributed by atoms with van der Waals surface area (Å²) in [7, 11) is 2.00. The van der Waals surface area contributed by atoms with Gasteiger partial charge in [-0.05, 0) is 6.42 Å². The van der Waals surface area contributed by atoms with E-state index >= 15 is 0 Å². The number of imidazole rings is 1. The van der Waals surface area contributed by atoms with Crippen molar-refractivity contribution in [3.8, 4) is 0 Å². The predicted molar refractivity (Wildman–Crippen MR) is 85.3 cm³/mol. The topological polar surface area (TPSA) is 81.3 Å². The minimum absolute atomic E-state index is 0.0398. The zero-order chi connectivity index (χ0) is 16.8. The number of hydrogen-bond donors (Lipinski definition) is 1. The van der Waals surface area contributed by atoms with Gasteiger partial charge in [-0.25, -0.2) is 9.13 Å². The molecule has 1 amide bonds. The maximum absolute atomic E-state index is 11.6. The van der Waals surface area contributed by atoms with Crippen LogP contribution in [0.3, 0.4) is 0 Å². The minimum Gasteiger partial charge on any atom is -0.543 e. The second-order valence-electron chi connectivity index (χ2n) is 6.74. The molecule has 3 aliphatic rings. The first kappa shape index (κ1) is 15.7. The molecule has 0 radical (unpaired) electrons. The van der Waals surface area contributed by atoms with Crippen molar-refractivity contribution in [2.75, 3.05) is 6.54 Å². The summed E-state index contributed by atoms with van der Waals surface area (Å²) >= 11 is 1.61. The molecule has 0 saturated carbocycles. The molecule has 0 aliphatic carbocycles. The van der Waals surface area contributed by atoms with Crippen molar-refractivity contribution in [3.05, 3.63) is 29.3 Å². The first-order valence-electron chi connectivity index (χ1n) is 8.19. The lowest BCUT2D eigenvalue weighted by molar-refractivity contribution is -0.671. The van der Waals surface area contributed by atoms with E-state index in [0.717, 1.165) is 24.4 Å². The first-order valence-corrected chi connectivity index (χ1v) is 9.07. The number of nitrogens with zero attached hydrogens (tertiary/aromatic N) is 3. The van der Waals surface area contributed by atoms with Gasteiger partial charge in [0.05, 0.1) is 24.8 Å². The van der Waals surface area contributed by atoms with Gasteiger partial charge in [-0.3, -0.25) is 4.79 Å². The molecule has 3 atom stereocenters. The summed E-state index contributed by atoms with van der Waals surface area (Å²) in [6.07, 6.45) is 8.21. The molecule has 1 aromatic heterocycles. The number of fused-ring (bicyclic) bond motifs is 1. The van der Waals surface area contributed by atoms with Crippen LogP contribution in [0.1, 0.15) is 19.3 Å². The van der Waals surface area contributed by atoms with E-state index in [9.17, 15) is 14.7 Å². The molecule has 8 heteroatoms. The smallest absolute Gasteiger partial charge is 0.243 e. The van der Waals surface area contributed by atoms with E-state index in [4.69, 9.17) is 0 Å². The second kappa shape index (κ2) is 5.93. The molecule has 4 rings (SSSR count). The standard InChI is InChI=1S/C16H20N4O3S/c1-18-2-3-19(9-18)8-10-4-12(7-17-10)24-13-5-11-6-14(21)20(11)15(13)16(22)23/h2-3,9-12,17H,4-8H2,1H3/t10-,11?,12-/m0/s1. The van der Waals surface area contributed by atoms with Gasteiger partial charge < -0.3 is 20.1 Å². The van der Waals surface area contributed by atoms with Crippen molar-refractivity contribution in [2.45, 2.75) is 43.1 Å². The van der Waals surface area contributed by atoms with Crippen molar-refractivity contribution in [2.24, 2.45) is 7.05 Å². The van der Waals surface area contributed by atoms with Crippen LogP contribution in [0.5, 0.6) is 0 Å². The highest BCUT2D eigenvalue weighted by Crippen LogP contribution is 2.44. The van der Waals surface area contributed by atoms with E-state index in [0.29, 0.717) is 24.1 Å². The number of β-lactam (4-membered cyclic amide) rings is 1. The number of carboxylic acids is 1. The average Bonchev–Trinajstić information content (AvgIpc) is 3.19. The normalized spacial score (nSPS) is 29.1. The van der Waals surface area contributed by atoms with Crippen molar-refractivity contribution < 1.29 is 19.3 Å². The molecule has 3 aliphatic heterocycles. The zero-order valence-corrected chi connectivity index (χ0v) is 14.3. The molecule has 0 spiro atoms. The Morgan fingerprint density at radius 3 is 3.00 bits per heavy atom. The molecule has 128 valence electrons. The highest BCUT2D eigenvalue weighted by molar-refractivity contribution is 8.03. The zero-order valence-electron chi connectivity index (χ0n) is 13.5. The third-order valence-electron chi connectivity index (χ3n) is 4.91. The van der Waals surface area contributed by atoms with Crippen LogP contribution >= 0.6 is 11.8 Å². The SMILES string of the molecule is C[n+]1ccn(C[C@@H]2C[C@H](SC3=C(C(=O)[O-])N4C(=O)CC4C3)CN2)c1. The lowest BCUT2D eigenvalue weighted by Gasteiger charge is -2.36. The summed E-state index contributed by atoms with van der Waals surface area (Å²) in [6.45, 7) is 1.75. The van der Waals surface area contributed by atoms with Crippen LogP contribution in [-0.4, -0.2) is 45.2 Å². The van der Waals surface area contributed by atoms with Gasteiger partial charge in [0.1, 0.15) is 18.9 Å². The Labute approximate surface area is 144 Å². The summed E-state index contributed by atoms with van der Waals surface area (Å²) in [4.78, 5) is 25.3. The van der Waals surface area contributed by atoms with E-state index in [1.54, 1.807) is 11.8 Å². The van der Waals surface area contributed by atoms with Gasteiger partial charge in [0.15, 0.2) is 0 Å². The number of aryl methyl sites for hydroxylation is 1. The summed E-state index contributed by atoms with van der Waals surface area (Å²) in [5.74, 6) is -1.33. The fourth-order valence-electron chi connectivity index (χ4n) is 3.79. The van der Waals surface area contributed by atoms with Crippen LogP contribution in [0.15, 0.2) is 29.3 Å². The number of aliphatic carboxylic acids is 1. The molecule has 0 aromatic carbocycles. The fourth-order valence-corrected chi connectivity index (χ4v) is 5.28. The van der Waals surface area contributed by atoms with Gasteiger partial charge in [-0.1, -0.05) is 0 Å². The van der Waals surface area contributed by atoms with Crippen LogP contribution in [0, 0.1) is 0 Å². The predicted octanol–water partition coefficient (Wildman–Crippen LogP) is -1.26. The van der Waals surface area contributed by atoms with Crippen LogP contribution in [-0.2, 0) is 23.2 Å². The maximum atomic E-state index is 11.6. The van der Waals surface area contributed by atoms with Gasteiger partial charge in [0, 0.05) is 35.6 Å². The molecular weight excluding hydrogens is 328 g/mol. The van der Waals surface area contributed by atoms with E-state index in [1.165, 1.54) is 4.90 Å². The quantitative estimate of drug-likeness (QED) is 0.531. The molecule has 1 aromatic rings. The Morgan fingerprint density at radius 1 is 1.50 bits per heavy atom. The Kier molecular flexibility index (Phi) is 3.88. The molecule has 2 fully saturated rings. The number of carbonyl (C=O) groups is 2. The number of carboxylic acid groups (broad SMARTS) is 1.